The van der Waals surface area contributed by atoms with E-state index in [1.165, 1.54) is 5.56 Å². The predicted octanol–water partition coefficient (Wildman–Crippen LogP) is 2.79. The Hall–Kier alpha value is -2.64. The molecule has 0 radical (unpaired) electrons. The first-order valence-corrected chi connectivity index (χ1v) is 12.2. The van der Waals surface area contributed by atoms with Crippen LogP contribution in [-0.4, -0.2) is 73.2 Å². The molecule has 33 heavy (non-hydrogen) atoms. The summed E-state index contributed by atoms with van der Waals surface area (Å²) in [6.07, 6.45) is 5.94. The summed E-state index contributed by atoms with van der Waals surface area (Å²) in [7, 11) is 4.37. The highest BCUT2D eigenvalue weighted by Crippen LogP contribution is 2.46. The fourth-order valence-corrected chi connectivity index (χ4v) is 5.92. The molecule has 1 aromatic heterocycles. The number of urea groups is 1. The lowest BCUT2D eigenvalue weighted by atomic mass is 9.69. The van der Waals surface area contributed by atoms with Crippen molar-refractivity contribution >= 4 is 11.8 Å². The van der Waals surface area contributed by atoms with Crippen molar-refractivity contribution in [2.75, 3.05) is 51.7 Å². The van der Waals surface area contributed by atoms with Crippen LogP contribution in [0.3, 0.4) is 0 Å². The van der Waals surface area contributed by atoms with Gasteiger partial charge in [0.15, 0.2) is 0 Å². The first-order valence-electron chi connectivity index (χ1n) is 12.2. The molecule has 2 aliphatic heterocycles. The fourth-order valence-electron chi connectivity index (χ4n) is 5.92. The van der Waals surface area contributed by atoms with Crippen LogP contribution in [0.25, 0.3) is 0 Å². The second-order valence-corrected chi connectivity index (χ2v) is 10.1. The van der Waals surface area contributed by atoms with Crippen LogP contribution in [0, 0.1) is 0 Å². The summed E-state index contributed by atoms with van der Waals surface area (Å²) in [5, 5.41) is 6.77. The van der Waals surface area contributed by atoms with E-state index in [0.717, 1.165) is 69.8 Å². The van der Waals surface area contributed by atoms with E-state index >= 15 is 0 Å². The van der Waals surface area contributed by atoms with E-state index in [1.807, 2.05) is 17.2 Å². The van der Waals surface area contributed by atoms with Gasteiger partial charge in [-0.25, -0.2) is 9.78 Å². The lowest BCUT2D eigenvalue weighted by Gasteiger charge is -2.48. The van der Waals surface area contributed by atoms with Crippen LogP contribution in [0.2, 0.25) is 0 Å². The number of carbonyl (C=O) groups is 1. The zero-order valence-corrected chi connectivity index (χ0v) is 19.9. The van der Waals surface area contributed by atoms with Crippen LogP contribution in [0.4, 0.5) is 10.6 Å². The van der Waals surface area contributed by atoms with Crippen LogP contribution in [0.5, 0.6) is 0 Å². The molecule has 2 saturated heterocycles. The molecule has 1 saturated carbocycles. The smallest absolute Gasteiger partial charge is 0.318 e. The van der Waals surface area contributed by atoms with Crippen LogP contribution >= 0.6 is 0 Å². The van der Waals surface area contributed by atoms with Crippen molar-refractivity contribution in [1.82, 2.24) is 25.4 Å². The molecule has 0 unspecified atom stereocenters. The molecular formula is C26H36N6O. The van der Waals surface area contributed by atoms with Gasteiger partial charge in [0.25, 0.3) is 0 Å². The Morgan fingerprint density at radius 2 is 1.76 bits per heavy atom. The summed E-state index contributed by atoms with van der Waals surface area (Å²) in [4.78, 5) is 24.2. The standard InChI is InChI=1S/C26H36N6O/c1-30(2)26(22-6-4-3-5-7-22)11-9-25(10-12-26)20-32(24(33)29-25)19-21-8-13-28-23(18-21)31-16-14-27-15-17-31/h3-8,13,18,27H,9-12,14-17,19-20H2,1-2H3,(H,29,33). The van der Waals surface area contributed by atoms with Crippen LogP contribution in [-0.2, 0) is 12.1 Å². The Morgan fingerprint density at radius 3 is 2.45 bits per heavy atom. The van der Waals surface area contributed by atoms with Crippen molar-refractivity contribution in [3.63, 3.8) is 0 Å². The third-order valence-corrected chi connectivity index (χ3v) is 7.98. The molecule has 3 aliphatic rings. The number of piperazine rings is 1. The second-order valence-electron chi connectivity index (χ2n) is 10.1. The predicted molar refractivity (Wildman–Crippen MR) is 131 cm³/mol. The van der Waals surface area contributed by atoms with E-state index < -0.39 is 0 Å². The van der Waals surface area contributed by atoms with Gasteiger partial charge in [0.1, 0.15) is 5.82 Å². The van der Waals surface area contributed by atoms with Gasteiger partial charge in [-0.15, -0.1) is 0 Å². The van der Waals surface area contributed by atoms with Gasteiger partial charge < -0.3 is 20.4 Å². The third kappa shape index (κ3) is 4.32. The van der Waals surface area contributed by atoms with Crippen molar-refractivity contribution in [3.8, 4) is 0 Å². The summed E-state index contributed by atoms with van der Waals surface area (Å²) < 4.78 is 0. The molecule has 0 atom stereocenters. The number of rotatable bonds is 5. The Labute approximate surface area is 197 Å². The summed E-state index contributed by atoms with van der Waals surface area (Å²) in [6, 6.07) is 15.1. The quantitative estimate of drug-likeness (QED) is 0.737. The number of carbonyl (C=O) groups excluding carboxylic acids is 1. The van der Waals surface area contributed by atoms with Gasteiger partial charge in [-0.2, -0.15) is 0 Å². The highest BCUT2D eigenvalue weighted by Gasteiger charge is 2.49. The molecule has 176 valence electrons. The molecule has 2 amide bonds. The zero-order valence-electron chi connectivity index (χ0n) is 19.9. The summed E-state index contributed by atoms with van der Waals surface area (Å²) in [6.45, 7) is 5.32. The van der Waals surface area contributed by atoms with Crippen LogP contribution < -0.4 is 15.5 Å². The number of pyridine rings is 1. The molecule has 7 heteroatoms. The molecule has 3 heterocycles. The molecule has 2 N–H and O–H groups in total. The normalized spacial score (nSPS) is 27.9. The molecule has 1 spiro atoms. The summed E-state index contributed by atoms with van der Waals surface area (Å²) in [5.74, 6) is 1.01. The van der Waals surface area contributed by atoms with Gasteiger partial charge >= 0.3 is 6.03 Å². The van der Waals surface area contributed by atoms with Crippen molar-refractivity contribution in [2.24, 2.45) is 0 Å². The Bertz CT molecular complexity index is 964. The second kappa shape index (κ2) is 8.95. The number of nitrogens with zero attached hydrogens (tertiary/aromatic N) is 4. The third-order valence-electron chi connectivity index (χ3n) is 7.98. The molecule has 2 aromatic rings. The summed E-state index contributed by atoms with van der Waals surface area (Å²) >= 11 is 0. The molecule has 0 bridgehead atoms. The number of hydrogen-bond donors (Lipinski definition) is 2. The topological polar surface area (TPSA) is 63.7 Å². The van der Waals surface area contributed by atoms with Gasteiger partial charge in [0.05, 0.1) is 5.54 Å². The number of benzene rings is 1. The largest absolute Gasteiger partial charge is 0.354 e. The minimum atomic E-state index is -0.125. The minimum Gasteiger partial charge on any atom is -0.354 e. The van der Waals surface area contributed by atoms with E-state index in [9.17, 15) is 4.79 Å². The van der Waals surface area contributed by atoms with Gasteiger partial charge in [-0.1, -0.05) is 30.3 Å². The average Bonchev–Trinajstić information content (AvgIpc) is 3.15. The van der Waals surface area contributed by atoms with E-state index in [2.05, 4.69) is 75.9 Å². The average molecular weight is 449 g/mol. The number of hydrogen-bond acceptors (Lipinski definition) is 5. The maximum Gasteiger partial charge on any atom is 0.318 e. The first-order chi connectivity index (χ1) is 16.0. The molecule has 5 rings (SSSR count). The number of anilines is 1. The maximum atomic E-state index is 13.0. The van der Waals surface area contributed by atoms with Crippen molar-refractivity contribution in [3.05, 3.63) is 59.8 Å². The Morgan fingerprint density at radius 1 is 1.03 bits per heavy atom. The zero-order chi connectivity index (χ0) is 22.9. The van der Waals surface area contributed by atoms with Gasteiger partial charge in [0, 0.05) is 51.0 Å². The van der Waals surface area contributed by atoms with Gasteiger partial charge in [-0.05, 0) is 63.0 Å². The van der Waals surface area contributed by atoms with Crippen molar-refractivity contribution in [1.29, 1.82) is 0 Å². The van der Waals surface area contributed by atoms with Gasteiger partial charge in [-0.3, -0.25) is 4.90 Å². The molecular weight excluding hydrogens is 412 g/mol. The van der Waals surface area contributed by atoms with Crippen molar-refractivity contribution in [2.45, 2.75) is 43.3 Å². The molecule has 3 fully saturated rings. The Balaban J connectivity index is 1.27. The van der Waals surface area contributed by atoms with Crippen LogP contribution in [0.1, 0.15) is 36.8 Å². The monoisotopic (exact) mass is 448 g/mol. The number of amides is 2. The lowest BCUT2D eigenvalue weighted by molar-refractivity contribution is 0.0617. The Kier molecular flexibility index (Phi) is 6.01. The fraction of sp³-hybridized carbons (Fsp3) is 0.538. The SMILES string of the molecule is CN(C)C1(c2ccccc2)CCC2(CC1)CN(Cc1ccnc(N3CCNCC3)c1)C(=O)N2. The van der Waals surface area contributed by atoms with E-state index in [-0.39, 0.29) is 17.1 Å². The van der Waals surface area contributed by atoms with E-state index in [4.69, 9.17) is 0 Å². The summed E-state index contributed by atoms with van der Waals surface area (Å²) in [5.41, 5.74) is 2.44. The number of aromatic nitrogens is 1. The molecule has 7 nitrogen and oxygen atoms in total. The molecule has 1 aromatic carbocycles. The van der Waals surface area contributed by atoms with Crippen LogP contribution in [0.15, 0.2) is 48.7 Å². The number of nitrogens with one attached hydrogen (secondary N) is 2. The van der Waals surface area contributed by atoms with Crippen molar-refractivity contribution < 1.29 is 4.79 Å². The highest BCUT2D eigenvalue weighted by atomic mass is 16.2. The lowest BCUT2D eigenvalue weighted by Crippen LogP contribution is -2.54. The molecule has 1 aliphatic carbocycles. The maximum absolute atomic E-state index is 13.0. The van der Waals surface area contributed by atoms with E-state index in [1.54, 1.807) is 0 Å². The van der Waals surface area contributed by atoms with Gasteiger partial charge in [0.2, 0.25) is 0 Å². The minimum absolute atomic E-state index is 0.0357. The van der Waals surface area contributed by atoms with E-state index in [0.29, 0.717) is 6.54 Å². The first kappa shape index (κ1) is 22.2. The highest BCUT2D eigenvalue weighted by molar-refractivity contribution is 5.78.